The molecule has 1 unspecified atom stereocenters. The molecular weight excluding hydrogens is 292 g/mol. The summed E-state index contributed by atoms with van der Waals surface area (Å²) < 4.78 is 39.8. The van der Waals surface area contributed by atoms with Crippen LogP contribution in [0.3, 0.4) is 0 Å². The van der Waals surface area contributed by atoms with Gasteiger partial charge in [0.2, 0.25) is 0 Å². The fraction of sp³-hybridized carbons (Fsp3) is 0.455. The average molecular weight is 303 g/mol. The number of hydrogen-bond acceptors (Lipinski definition) is 2. The summed E-state index contributed by atoms with van der Waals surface area (Å²) in [6, 6.07) is 4.54. The Kier molecular flexibility index (Phi) is 5.72. The van der Waals surface area contributed by atoms with Crippen LogP contribution in [0.1, 0.15) is 18.1 Å². The molecule has 0 spiro atoms. The predicted octanol–water partition coefficient (Wildman–Crippen LogP) is 4.00. The number of ether oxygens (including phenoxy) is 1. The topological polar surface area (TPSA) is 29.5 Å². The summed E-state index contributed by atoms with van der Waals surface area (Å²) in [4.78, 5) is 0. The van der Waals surface area contributed by atoms with E-state index >= 15 is 0 Å². The van der Waals surface area contributed by atoms with E-state index in [0.29, 0.717) is 15.6 Å². The molecule has 0 fully saturated rings. The number of aliphatic hydroxyl groups is 1. The van der Waals surface area contributed by atoms with Crippen LogP contribution in [0.5, 0.6) is 0 Å². The molecule has 1 N–H and O–H groups in total. The zero-order valence-corrected chi connectivity index (χ0v) is 10.7. The lowest BCUT2D eigenvalue weighted by atomic mass is 10.1. The van der Waals surface area contributed by atoms with E-state index in [1.54, 1.807) is 6.07 Å². The van der Waals surface area contributed by atoms with E-state index in [1.807, 2.05) is 0 Å². The highest BCUT2D eigenvalue weighted by Crippen LogP contribution is 2.28. The third-order valence-corrected chi connectivity index (χ3v) is 2.70. The third-order valence-electron chi connectivity index (χ3n) is 2.12. The Balaban J connectivity index is 2.45. The van der Waals surface area contributed by atoms with Crippen molar-refractivity contribution in [2.45, 2.75) is 18.7 Å². The van der Waals surface area contributed by atoms with Crippen LogP contribution in [0.2, 0.25) is 10.0 Å². The smallest absolute Gasteiger partial charge is 0.388 e. The Morgan fingerprint density at radius 1 is 1.28 bits per heavy atom. The normalized spacial score (nSPS) is 13.7. The molecule has 2 nitrogen and oxygen atoms in total. The first-order valence-electron chi connectivity index (χ1n) is 5.07. The Morgan fingerprint density at radius 2 is 1.94 bits per heavy atom. The maximum atomic E-state index is 11.8. The van der Waals surface area contributed by atoms with Crippen LogP contribution < -0.4 is 0 Å². The Labute approximate surface area is 112 Å². The van der Waals surface area contributed by atoms with Crippen molar-refractivity contribution >= 4 is 23.2 Å². The van der Waals surface area contributed by atoms with Gasteiger partial charge in [-0.3, -0.25) is 0 Å². The van der Waals surface area contributed by atoms with Crippen LogP contribution in [-0.2, 0) is 4.74 Å². The number of alkyl halides is 3. The number of rotatable bonds is 5. The summed E-state index contributed by atoms with van der Waals surface area (Å²) >= 11 is 11.6. The van der Waals surface area contributed by atoms with E-state index in [-0.39, 0.29) is 13.0 Å². The molecule has 0 saturated heterocycles. The molecule has 0 heterocycles. The summed E-state index contributed by atoms with van der Waals surface area (Å²) in [5.74, 6) is 0. The molecule has 0 amide bonds. The quantitative estimate of drug-likeness (QED) is 0.833. The van der Waals surface area contributed by atoms with Crippen molar-refractivity contribution in [1.29, 1.82) is 0 Å². The predicted molar refractivity (Wildman–Crippen MR) is 62.9 cm³/mol. The number of hydrogen-bond donors (Lipinski definition) is 1. The van der Waals surface area contributed by atoms with E-state index in [0.717, 1.165) is 0 Å². The first-order valence-corrected chi connectivity index (χ1v) is 5.82. The zero-order valence-electron chi connectivity index (χ0n) is 9.18. The second kappa shape index (κ2) is 6.61. The maximum absolute atomic E-state index is 11.8. The second-order valence-electron chi connectivity index (χ2n) is 3.64. The maximum Gasteiger partial charge on any atom is 0.411 e. The summed E-state index contributed by atoms with van der Waals surface area (Å²) in [7, 11) is 0. The van der Waals surface area contributed by atoms with Gasteiger partial charge in [0.1, 0.15) is 6.61 Å². The lowest BCUT2D eigenvalue weighted by Crippen LogP contribution is -2.18. The molecule has 1 rings (SSSR count). The van der Waals surface area contributed by atoms with Crippen LogP contribution in [0, 0.1) is 0 Å². The van der Waals surface area contributed by atoms with Crippen LogP contribution in [0.4, 0.5) is 13.2 Å². The highest BCUT2D eigenvalue weighted by Gasteiger charge is 2.27. The van der Waals surface area contributed by atoms with Gasteiger partial charge in [0.05, 0.1) is 6.10 Å². The molecule has 0 aliphatic heterocycles. The molecule has 102 valence electrons. The average Bonchev–Trinajstić information content (AvgIpc) is 2.26. The van der Waals surface area contributed by atoms with Crippen molar-refractivity contribution in [3.8, 4) is 0 Å². The molecule has 0 saturated carbocycles. The van der Waals surface area contributed by atoms with Gasteiger partial charge in [-0.1, -0.05) is 23.2 Å². The molecule has 0 bridgehead atoms. The van der Waals surface area contributed by atoms with Gasteiger partial charge in [0.25, 0.3) is 0 Å². The number of halogens is 5. The lowest BCUT2D eigenvalue weighted by Gasteiger charge is -2.14. The number of benzene rings is 1. The van der Waals surface area contributed by atoms with Crippen molar-refractivity contribution in [2.75, 3.05) is 13.2 Å². The molecule has 1 atom stereocenters. The molecule has 0 aliphatic carbocycles. The molecule has 1 aromatic rings. The summed E-state index contributed by atoms with van der Waals surface area (Å²) in [6.45, 7) is -1.55. The SMILES string of the molecule is OC(CCOCC(F)(F)F)c1cc(Cl)ccc1Cl. The van der Waals surface area contributed by atoms with Crippen molar-refractivity contribution in [3.63, 3.8) is 0 Å². The minimum Gasteiger partial charge on any atom is -0.388 e. The molecule has 0 aromatic heterocycles. The highest BCUT2D eigenvalue weighted by atomic mass is 35.5. The summed E-state index contributed by atoms with van der Waals surface area (Å²) in [6.07, 6.45) is -5.36. The van der Waals surface area contributed by atoms with Crippen LogP contribution in [0.15, 0.2) is 18.2 Å². The molecule has 7 heteroatoms. The van der Waals surface area contributed by atoms with Crippen molar-refractivity contribution in [1.82, 2.24) is 0 Å². The van der Waals surface area contributed by atoms with Gasteiger partial charge in [0.15, 0.2) is 0 Å². The standard InChI is InChI=1S/C11H11Cl2F3O2/c12-7-1-2-9(13)8(5-7)10(17)3-4-18-6-11(14,15)16/h1-2,5,10,17H,3-4,6H2. The highest BCUT2D eigenvalue weighted by molar-refractivity contribution is 6.33. The first kappa shape index (κ1) is 15.6. The molecule has 0 radical (unpaired) electrons. The molecule has 18 heavy (non-hydrogen) atoms. The largest absolute Gasteiger partial charge is 0.411 e. The van der Waals surface area contributed by atoms with E-state index < -0.39 is 18.9 Å². The van der Waals surface area contributed by atoms with Crippen LogP contribution in [-0.4, -0.2) is 24.5 Å². The van der Waals surface area contributed by atoms with Gasteiger partial charge in [-0.2, -0.15) is 13.2 Å². The van der Waals surface area contributed by atoms with Gasteiger partial charge < -0.3 is 9.84 Å². The second-order valence-corrected chi connectivity index (χ2v) is 4.48. The summed E-state index contributed by atoms with van der Waals surface area (Å²) in [5, 5.41) is 10.5. The first-order chi connectivity index (χ1) is 8.29. The third kappa shape index (κ3) is 5.44. The minimum absolute atomic E-state index is 0.0101. The van der Waals surface area contributed by atoms with Crippen molar-refractivity contribution in [3.05, 3.63) is 33.8 Å². The van der Waals surface area contributed by atoms with Crippen LogP contribution in [0.25, 0.3) is 0 Å². The van der Waals surface area contributed by atoms with E-state index in [2.05, 4.69) is 4.74 Å². The molecule has 0 aliphatic rings. The van der Waals surface area contributed by atoms with Gasteiger partial charge >= 0.3 is 6.18 Å². The summed E-state index contributed by atoms with van der Waals surface area (Å²) in [5.41, 5.74) is 0.375. The Bertz CT molecular complexity index is 396. The van der Waals surface area contributed by atoms with Gasteiger partial charge in [-0.15, -0.1) is 0 Å². The van der Waals surface area contributed by atoms with Crippen molar-refractivity contribution < 1.29 is 23.0 Å². The monoisotopic (exact) mass is 302 g/mol. The fourth-order valence-corrected chi connectivity index (χ4v) is 1.73. The minimum atomic E-state index is -4.36. The van der Waals surface area contributed by atoms with Gasteiger partial charge in [-0.05, 0) is 18.2 Å². The fourth-order valence-electron chi connectivity index (χ4n) is 1.31. The van der Waals surface area contributed by atoms with Gasteiger partial charge in [-0.25, -0.2) is 0 Å². The Hall–Kier alpha value is -0.490. The molecule has 1 aromatic carbocycles. The van der Waals surface area contributed by atoms with Gasteiger partial charge in [0, 0.05) is 28.6 Å². The van der Waals surface area contributed by atoms with Crippen LogP contribution >= 0.6 is 23.2 Å². The zero-order chi connectivity index (χ0) is 13.8. The lowest BCUT2D eigenvalue weighted by molar-refractivity contribution is -0.175. The molecular formula is C11H11Cl2F3O2. The van der Waals surface area contributed by atoms with E-state index in [1.165, 1.54) is 12.1 Å². The Morgan fingerprint density at radius 3 is 2.56 bits per heavy atom. The van der Waals surface area contributed by atoms with E-state index in [9.17, 15) is 18.3 Å². The van der Waals surface area contributed by atoms with Crippen molar-refractivity contribution in [2.24, 2.45) is 0 Å². The number of aliphatic hydroxyl groups excluding tert-OH is 1. The van der Waals surface area contributed by atoms with E-state index in [4.69, 9.17) is 23.2 Å².